The monoisotopic (exact) mass is 487 g/mol. The minimum absolute atomic E-state index is 0.0198. The number of fused-ring (bicyclic) bond motifs is 3. The van der Waals surface area contributed by atoms with Crippen LogP contribution in [-0.4, -0.2) is 34.9 Å². The zero-order chi connectivity index (χ0) is 21.8. The molecule has 0 N–H and O–H groups in total. The molecular formula is C24H30BrN3O3. The molecule has 1 unspecified atom stereocenters. The van der Waals surface area contributed by atoms with Gasteiger partial charge in [-0.25, -0.2) is 4.98 Å². The van der Waals surface area contributed by atoms with Crippen LogP contribution in [0.3, 0.4) is 0 Å². The molecule has 2 aromatic rings. The van der Waals surface area contributed by atoms with Crippen molar-refractivity contribution in [3.05, 3.63) is 45.3 Å². The molecule has 2 aromatic heterocycles. The third-order valence-corrected chi connectivity index (χ3v) is 7.39. The molecule has 1 fully saturated rings. The first-order valence-corrected chi connectivity index (χ1v) is 12.1. The van der Waals surface area contributed by atoms with Gasteiger partial charge in [-0.05, 0) is 62.1 Å². The Bertz CT molecular complexity index is 1010. The summed E-state index contributed by atoms with van der Waals surface area (Å²) in [5.74, 6) is 0.696. The van der Waals surface area contributed by atoms with Gasteiger partial charge in [-0.2, -0.15) is 0 Å². The van der Waals surface area contributed by atoms with Crippen molar-refractivity contribution in [1.82, 2.24) is 9.55 Å². The molecule has 1 amide bonds. The summed E-state index contributed by atoms with van der Waals surface area (Å²) in [4.78, 5) is 20.0. The van der Waals surface area contributed by atoms with Crippen LogP contribution >= 0.6 is 15.9 Å². The van der Waals surface area contributed by atoms with E-state index in [1.54, 1.807) is 6.20 Å². The van der Waals surface area contributed by atoms with Crippen molar-refractivity contribution in [2.45, 2.75) is 71.8 Å². The summed E-state index contributed by atoms with van der Waals surface area (Å²) in [6.07, 6.45) is 6.45. The largest absolute Gasteiger partial charge is 0.353 e. The van der Waals surface area contributed by atoms with E-state index in [9.17, 15) is 4.79 Å². The maximum Gasteiger partial charge on any atom is 0.276 e. The molecule has 0 bridgehead atoms. The number of hydrogen-bond acceptors (Lipinski definition) is 4. The third-order valence-electron chi connectivity index (χ3n) is 6.70. The van der Waals surface area contributed by atoms with E-state index in [0.29, 0.717) is 12.4 Å². The van der Waals surface area contributed by atoms with E-state index in [2.05, 4.69) is 45.4 Å². The molecule has 2 aliphatic heterocycles. The molecule has 4 heterocycles. The van der Waals surface area contributed by atoms with Gasteiger partial charge in [-0.1, -0.05) is 29.8 Å². The summed E-state index contributed by atoms with van der Waals surface area (Å²) in [5, 5.41) is 0. The molecule has 3 aliphatic rings. The van der Waals surface area contributed by atoms with Gasteiger partial charge in [0.05, 0.1) is 6.10 Å². The van der Waals surface area contributed by atoms with Crippen LogP contribution in [0.25, 0.3) is 0 Å². The number of amides is 1. The van der Waals surface area contributed by atoms with Crippen LogP contribution in [0.15, 0.2) is 22.8 Å². The molecule has 0 saturated carbocycles. The van der Waals surface area contributed by atoms with Crippen LogP contribution in [0.1, 0.15) is 73.4 Å². The van der Waals surface area contributed by atoms with Crippen molar-refractivity contribution in [2.24, 2.45) is 5.41 Å². The van der Waals surface area contributed by atoms with Crippen molar-refractivity contribution in [2.75, 3.05) is 18.1 Å². The fourth-order valence-electron chi connectivity index (χ4n) is 5.26. The number of anilines is 1. The Morgan fingerprint density at radius 2 is 2.13 bits per heavy atom. The summed E-state index contributed by atoms with van der Waals surface area (Å²) in [5.41, 5.74) is 4.62. The van der Waals surface area contributed by atoms with Crippen LogP contribution in [0.5, 0.6) is 0 Å². The quantitative estimate of drug-likeness (QED) is 0.606. The van der Waals surface area contributed by atoms with Gasteiger partial charge in [0.25, 0.3) is 5.91 Å². The lowest BCUT2D eigenvalue weighted by Gasteiger charge is -2.32. The molecule has 5 rings (SSSR count). The maximum absolute atomic E-state index is 13.5. The molecule has 31 heavy (non-hydrogen) atoms. The van der Waals surface area contributed by atoms with Gasteiger partial charge in [0.1, 0.15) is 11.5 Å². The second-order valence-corrected chi connectivity index (χ2v) is 10.6. The highest BCUT2D eigenvalue weighted by Gasteiger charge is 2.38. The van der Waals surface area contributed by atoms with Gasteiger partial charge in [-0.3, -0.25) is 9.69 Å². The highest BCUT2D eigenvalue weighted by Crippen LogP contribution is 2.41. The van der Waals surface area contributed by atoms with E-state index in [4.69, 9.17) is 9.47 Å². The fraction of sp³-hybridized carbons (Fsp3) is 0.583. The first-order chi connectivity index (χ1) is 14.8. The highest BCUT2D eigenvalue weighted by atomic mass is 79.9. The SMILES string of the molecule is C[C@H](OC1CCCCO1)c1c(Br)ccnc1N1CCn2c(cc3c2CC(C)(C)C3)C1=O. The van der Waals surface area contributed by atoms with Crippen molar-refractivity contribution >= 4 is 27.7 Å². The number of hydrogen-bond donors (Lipinski definition) is 0. The third kappa shape index (κ3) is 3.85. The van der Waals surface area contributed by atoms with Gasteiger partial charge in [0.2, 0.25) is 0 Å². The molecule has 1 aliphatic carbocycles. The lowest BCUT2D eigenvalue weighted by molar-refractivity contribution is -0.186. The summed E-state index contributed by atoms with van der Waals surface area (Å²) in [6, 6.07) is 4.01. The van der Waals surface area contributed by atoms with Crippen LogP contribution in [-0.2, 0) is 28.9 Å². The Morgan fingerprint density at radius 1 is 1.29 bits per heavy atom. The number of carbonyl (C=O) groups excluding carboxylic acids is 1. The van der Waals surface area contributed by atoms with Crippen molar-refractivity contribution in [3.8, 4) is 0 Å². The second kappa shape index (κ2) is 8.01. The molecule has 0 radical (unpaired) electrons. The Morgan fingerprint density at radius 3 is 2.90 bits per heavy atom. The molecule has 2 atom stereocenters. The van der Waals surface area contributed by atoms with Gasteiger partial charge in [0, 0.05) is 41.6 Å². The molecule has 1 saturated heterocycles. The molecule has 166 valence electrons. The van der Waals surface area contributed by atoms with Crippen LogP contribution in [0, 0.1) is 5.41 Å². The predicted octanol–water partition coefficient (Wildman–Crippen LogP) is 5.04. The first-order valence-electron chi connectivity index (χ1n) is 11.3. The molecular weight excluding hydrogens is 458 g/mol. The van der Waals surface area contributed by atoms with E-state index in [1.807, 2.05) is 17.9 Å². The lowest BCUT2D eigenvalue weighted by Crippen LogP contribution is -2.42. The van der Waals surface area contributed by atoms with Crippen LogP contribution in [0.2, 0.25) is 0 Å². The average Bonchev–Trinajstić information content (AvgIpc) is 3.21. The van der Waals surface area contributed by atoms with Gasteiger partial charge >= 0.3 is 0 Å². The topological polar surface area (TPSA) is 56.6 Å². The smallest absolute Gasteiger partial charge is 0.276 e. The molecule has 0 spiro atoms. The molecule has 6 nitrogen and oxygen atoms in total. The predicted molar refractivity (Wildman–Crippen MR) is 122 cm³/mol. The van der Waals surface area contributed by atoms with Gasteiger partial charge in [-0.15, -0.1) is 0 Å². The van der Waals surface area contributed by atoms with Gasteiger partial charge < -0.3 is 14.0 Å². The summed E-state index contributed by atoms with van der Waals surface area (Å²) in [7, 11) is 0. The van der Waals surface area contributed by atoms with E-state index >= 15 is 0 Å². The number of nitrogens with zero attached hydrogens (tertiary/aromatic N) is 3. The van der Waals surface area contributed by atoms with Crippen molar-refractivity contribution in [3.63, 3.8) is 0 Å². The Balaban J connectivity index is 1.44. The minimum Gasteiger partial charge on any atom is -0.353 e. The first kappa shape index (κ1) is 21.2. The highest BCUT2D eigenvalue weighted by molar-refractivity contribution is 9.10. The number of aromatic nitrogens is 2. The number of carbonyl (C=O) groups is 1. The van der Waals surface area contributed by atoms with Crippen LogP contribution < -0.4 is 4.90 Å². The fourth-order valence-corrected chi connectivity index (χ4v) is 5.88. The normalized spacial score (nSPS) is 23.5. The minimum atomic E-state index is -0.242. The standard InChI is InChI=1S/C24H30BrN3O3/c1-15(31-20-6-4-5-11-30-20)21-17(25)7-8-26-22(21)28-10-9-27-18(23(28)29)12-16-13-24(2,3)14-19(16)27/h7-8,12,15,20H,4-6,9-11,13-14H2,1-3H3/t15-,20?/m0/s1. The Labute approximate surface area is 192 Å². The van der Waals surface area contributed by atoms with Gasteiger partial charge in [0.15, 0.2) is 6.29 Å². The number of pyridine rings is 1. The van der Waals surface area contributed by atoms with E-state index in [0.717, 1.165) is 61.0 Å². The van der Waals surface area contributed by atoms with Crippen molar-refractivity contribution < 1.29 is 14.3 Å². The zero-order valence-corrected chi connectivity index (χ0v) is 20.1. The molecule has 0 aromatic carbocycles. The maximum atomic E-state index is 13.5. The van der Waals surface area contributed by atoms with Crippen LogP contribution in [0.4, 0.5) is 5.82 Å². The summed E-state index contributed by atoms with van der Waals surface area (Å²) < 4.78 is 15.1. The average molecular weight is 488 g/mol. The molecule has 7 heteroatoms. The van der Waals surface area contributed by atoms with E-state index < -0.39 is 0 Å². The summed E-state index contributed by atoms with van der Waals surface area (Å²) >= 11 is 3.68. The summed E-state index contributed by atoms with van der Waals surface area (Å²) in [6.45, 7) is 8.74. The lowest BCUT2D eigenvalue weighted by atomic mass is 9.90. The second-order valence-electron chi connectivity index (χ2n) is 9.73. The Hall–Kier alpha value is -1.70. The van der Waals surface area contributed by atoms with Crippen molar-refractivity contribution in [1.29, 1.82) is 0 Å². The Kier molecular flexibility index (Phi) is 5.47. The number of rotatable bonds is 4. The zero-order valence-electron chi connectivity index (χ0n) is 18.5. The number of halogens is 1. The number of ether oxygens (including phenoxy) is 2. The van der Waals surface area contributed by atoms with E-state index in [1.165, 1.54) is 11.3 Å². The van der Waals surface area contributed by atoms with E-state index in [-0.39, 0.29) is 23.7 Å².